The Labute approximate surface area is 125 Å². The number of rotatable bonds is 2. The van der Waals surface area contributed by atoms with Crippen LogP contribution in [0.15, 0.2) is 12.1 Å². The van der Waals surface area contributed by atoms with Crippen LogP contribution in [0.2, 0.25) is 0 Å². The molecule has 21 heavy (non-hydrogen) atoms. The van der Waals surface area contributed by atoms with E-state index < -0.39 is 0 Å². The lowest BCUT2D eigenvalue weighted by Crippen LogP contribution is -2.30. The van der Waals surface area contributed by atoms with E-state index in [4.69, 9.17) is 4.98 Å². The predicted octanol–water partition coefficient (Wildman–Crippen LogP) is 2.62. The quantitative estimate of drug-likeness (QED) is 0.890. The van der Waals surface area contributed by atoms with Crippen molar-refractivity contribution in [2.45, 2.75) is 44.2 Å². The highest BCUT2D eigenvalue weighted by Crippen LogP contribution is 2.38. The average Bonchev–Trinajstić information content (AvgIpc) is 3.09. The SMILES string of the molecule is CN(C)c1ccc2[nH]c(C3CC4CCCCC4N3)nc2n1. The Morgan fingerprint density at radius 2 is 2.00 bits per heavy atom. The summed E-state index contributed by atoms with van der Waals surface area (Å²) in [7, 11) is 4.01. The molecule has 5 heteroatoms. The van der Waals surface area contributed by atoms with Crippen molar-refractivity contribution >= 4 is 17.0 Å². The first kappa shape index (κ1) is 13.1. The fourth-order valence-corrected chi connectivity index (χ4v) is 3.84. The second-order valence-electron chi connectivity index (χ2n) is 6.66. The van der Waals surface area contributed by atoms with Crippen molar-refractivity contribution in [3.05, 3.63) is 18.0 Å². The van der Waals surface area contributed by atoms with Crippen LogP contribution in [0.5, 0.6) is 0 Å². The number of aromatic amines is 1. The zero-order chi connectivity index (χ0) is 14.4. The standard InChI is InChI=1S/C16H23N5/c1-21(2)14-8-7-12-15(19-14)20-16(18-12)13-9-10-5-3-4-6-11(10)17-13/h7-8,10-11,13,17H,3-6,9H2,1-2H3,(H,18,19,20). The summed E-state index contributed by atoms with van der Waals surface area (Å²) in [5.41, 5.74) is 1.86. The van der Waals surface area contributed by atoms with Crippen molar-refractivity contribution < 1.29 is 0 Å². The van der Waals surface area contributed by atoms with Gasteiger partial charge in [0.05, 0.1) is 11.6 Å². The van der Waals surface area contributed by atoms with Crippen molar-refractivity contribution in [3.8, 4) is 0 Å². The van der Waals surface area contributed by atoms with Crippen molar-refractivity contribution in [3.63, 3.8) is 0 Å². The number of pyridine rings is 1. The maximum absolute atomic E-state index is 4.74. The molecule has 3 atom stereocenters. The zero-order valence-electron chi connectivity index (χ0n) is 12.8. The molecule has 2 fully saturated rings. The second-order valence-corrected chi connectivity index (χ2v) is 6.66. The monoisotopic (exact) mass is 285 g/mol. The van der Waals surface area contributed by atoms with Gasteiger partial charge in [-0.25, -0.2) is 9.97 Å². The first-order valence-electron chi connectivity index (χ1n) is 8.01. The summed E-state index contributed by atoms with van der Waals surface area (Å²) in [6, 6.07) is 5.18. The molecule has 0 radical (unpaired) electrons. The lowest BCUT2D eigenvalue weighted by Gasteiger charge is -2.24. The normalized spacial score (nSPS) is 28.8. The number of imidazole rings is 1. The summed E-state index contributed by atoms with van der Waals surface area (Å²) in [4.78, 5) is 14.8. The van der Waals surface area contributed by atoms with Crippen LogP contribution in [-0.2, 0) is 0 Å². The highest BCUT2D eigenvalue weighted by molar-refractivity contribution is 5.73. The molecule has 2 aliphatic rings. The van der Waals surface area contributed by atoms with E-state index in [0.717, 1.165) is 28.7 Å². The molecule has 1 aliphatic heterocycles. The Morgan fingerprint density at radius 1 is 1.14 bits per heavy atom. The maximum atomic E-state index is 4.74. The highest BCUT2D eigenvalue weighted by Gasteiger charge is 2.36. The van der Waals surface area contributed by atoms with Gasteiger partial charge in [-0.1, -0.05) is 12.8 Å². The van der Waals surface area contributed by atoms with Gasteiger partial charge in [-0.05, 0) is 37.3 Å². The van der Waals surface area contributed by atoms with Crippen LogP contribution in [-0.4, -0.2) is 35.1 Å². The molecule has 1 saturated heterocycles. The average molecular weight is 285 g/mol. The molecule has 0 aromatic carbocycles. The van der Waals surface area contributed by atoms with Crippen LogP contribution < -0.4 is 10.2 Å². The van der Waals surface area contributed by atoms with E-state index in [0.29, 0.717) is 12.1 Å². The van der Waals surface area contributed by atoms with Crippen LogP contribution in [0, 0.1) is 5.92 Å². The summed E-state index contributed by atoms with van der Waals surface area (Å²) >= 11 is 0. The molecule has 2 aromatic rings. The maximum Gasteiger partial charge on any atom is 0.179 e. The minimum Gasteiger partial charge on any atom is -0.363 e. The number of fused-ring (bicyclic) bond motifs is 2. The molecule has 4 rings (SSSR count). The van der Waals surface area contributed by atoms with Crippen LogP contribution in [0.25, 0.3) is 11.2 Å². The van der Waals surface area contributed by atoms with Gasteiger partial charge in [-0.3, -0.25) is 0 Å². The lowest BCUT2D eigenvalue weighted by molar-refractivity contribution is 0.325. The molecule has 2 aromatic heterocycles. The summed E-state index contributed by atoms with van der Waals surface area (Å²) in [5, 5.41) is 3.78. The van der Waals surface area contributed by atoms with E-state index >= 15 is 0 Å². The predicted molar refractivity (Wildman–Crippen MR) is 84.5 cm³/mol. The summed E-state index contributed by atoms with van der Waals surface area (Å²) in [6.07, 6.45) is 6.67. The van der Waals surface area contributed by atoms with E-state index in [2.05, 4.69) is 21.4 Å². The number of hydrogen-bond acceptors (Lipinski definition) is 4. The molecule has 0 spiro atoms. The van der Waals surface area contributed by atoms with Gasteiger partial charge in [-0.15, -0.1) is 0 Å². The van der Waals surface area contributed by atoms with Crippen molar-refractivity contribution in [1.29, 1.82) is 0 Å². The molecule has 2 N–H and O–H groups in total. The highest BCUT2D eigenvalue weighted by atomic mass is 15.2. The fraction of sp³-hybridized carbons (Fsp3) is 0.625. The molecule has 112 valence electrons. The lowest BCUT2D eigenvalue weighted by atomic mass is 9.85. The van der Waals surface area contributed by atoms with Crippen molar-refractivity contribution in [2.24, 2.45) is 5.92 Å². The Balaban J connectivity index is 1.62. The molecule has 0 amide bonds. The fourth-order valence-electron chi connectivity index (χ4n) is 3.84. The van der Waals surface area contributed by atoms with E-state index in [-0.39, 0.29) is 0 Å². The molecule has 1 saturated carbocycles. The third kappa shape index (κ3) is 2.29. The zero-order valence-corrected chi connectivity index (χ0v) is 12.8. The molecule has 3 heterocycles. The Morgan fingerprint density at radius 3 is 2.81 bits per heavy atom. The van der Waals surface area contributed by atoms with Crippen LogP contribution in [0.4, 0.5) is 5.82 Å². The first-order chi connectivity index (χ1) is 10.2. The van der Waals surface area contributed by atoms with Gasteiger partial charge >= 0.3 is 0 Å². The summed E-state index contributed by atoms with van der Waals surface area (Å²) in [6.45, 7) is 0. The molecular formula is C16H23N5. The molecular weight excluding hydrogens is 262 g/mol. The number of H-pyrrole nitrogens is 1. The van der Waals surface area contributed by atoms with E-state index in [1.54, 1.807) is 0 Å². The number of nitrogens with zero attached hydrogens (tertiary/aromatic N) is 3. The second kappa shape index (κ2) is 4.98. The van der Waals surface area contributed by atoms with Gasteiger partial charge in [0.25, 0.3) is 0 Å². The molecule has 3 unspecified atom stereocenters. The molecule has 1 aliphatic carbocycles. The van der Waals surface area contributed by atoms with E-state index in [1.807, 2.05) is 25.1 Å². The summed E-state index contributed by atoms with van der Waals surface area (Å²) < 4.78 is 0. The Bertz CT molecular complexity index is 633. The number of nitrogens with one attached hydrogen (secondary N) is 2. The summed E-state index contributed by atoms with van der Waals surface area (Å²) in [5.74, 6) is 2.85. The van der Waals surface area contributed by atoms with Crippen LogP contribution in [0.1, 0.15) is 44.0 Å². The van der Waals surface area contributed by atoms with Gasteiger partial charge in [0.15, 0.2) is 5.65 Å². The van der Waals surface area contributed by atoms with Gasteiger partial charge < -0.3 is 15.2 Å². The van der Waals surface area contributed by atoms with Crippen LogP contribution >= 0.6 is 0 Å². The topological polar surface area (TPSA) is 56.8 Å². The largest absolute Gasteiger partial charge is 0.363 e. The number of aromatic nitrogens is 3. The molecule has 5 nitrogen and oxygen atoms in total. The minimum atomic E-state index is 0.370. The Hall–Kier alpha value is -1.62. The van der Waals surface area contributed by atoms with Crippen molar-refractivity contribution in [1.82, 2.24) is 20.3 Å². The van der Waals surface area contributed by atoms with Gasteiger partial charge in [0.1, 0.15) is 11.6 Å². The van der Waals surface area contributed by atoms with Gasteiger partial charge in [-0.2, -0.15) is 0 Å². The smallest absolute Gasteiger partial charge is 0.179 e. The third-order valence-electron chi connectivity index (χ3n) is 5.00. The van der Waals surface area contributed by atoms with E-state index in [9.17, 15) is 0 Å². The minimum absolute atomic E-state index is 0.370. The third-order valence-corrected chi connectivity index (χ3v) is 5.00. The van der Waals surface area contributed by atoms with Crippen LogP contribution in [0.3, 0.4) is 0 Å². The van der Waals surface area contributed by atoms with Gasteiger partial charge in [0.2, 0.25) is 0 Å². The number of hydrogen-bond donors (Lipinski definition) is 2. The van der Waals surface area contributed by atoms with E-state index in [1.165, 1.54) is 32.1 Å². The van der Waals surface area contributed by atoms with Crippen molar-refractivity contribution in [2.75, 3.05) is 19.0 Å². The molecule has 0 bridgehead atoms. The first-order valence-corrected chi connectivity index (χ1v) is 8.01. The number of anilines is 1. The van der Waals surface area contributed by atoms with Gasteiger partial charge in [0, 0.05) is 20.1 Å². The Kier molecular flexibility index (Phi) is 3.10.